The molecule has 1 fully saturated rings. The zero-order valence-electron chi connectivity index (χ0n) is 11.8. The third-order valence-electron chi connectivity index (χ3n) is 3.55. The van der Waals surface area contributed by atoms with Crippen LogP contribution in [0.15, 0.2) is 18.2 Å². The van der Waals surface area contributed by atoms with Gasteiger partial charge in [-0.15, -0.1) is 0 Å². The summed E-state index contributed by atoms with van der Waals surface area (Å²) in [4.78, 5) is 2.10. The number of amidine groups is 1. The normalized spacial score (nSPS) is 17.2. The quantitative estimate of drug-likeness (QED) is 0.622. The molecule has 1 heterocycles. The lowest BCUT2D eigenvalue weighted by Crippen LogP contribution is -2.49. The summed E-state index contributed by atoms with van der Waals surface area (Å²) in [7, 11) is -3.13. The molecule has 1 aliphatic heterocycles. The van der Waals surface area contributed by atoms with E-state index >= 15 is 0 Å². The molecular weight excluding hydrogens is 276 g/mol. The summed E-state index contributed by atoms with van der Waals surface area (Å²) in [6.45, 7) is 4.12. The van der Waals surface area contributed by atoms with E-state index in [0.29, 0.717) is 31.7 Å². The maximum absolute atomic E-state index is 11.5. The lowest BCUT2D eigenvalue weighted by Gasteiger charge is -2.36. The summed E-state index contributed by atoms with van der Waals surface area (Å²) in [5.74, 6) is 0.0363. The van der Waals surface area contributed by atoms with Crippen LogP contribution in [0.2, 0.25) is 0 Å². The van der Waals surface area contributed by atoms with Gasteiger partial charge in [-0.1, -0.05) is 12.1 Å². The molecule has 1 aromatic carbocycles. The number of benzene rings is 1. The van der Waals surface area contributed by atoms with Crippen molar-refractivity contribution in [2.75, 3.05) is 37.3 Å². The number of hydrogen-bond donors (Lipinski definition) is 2. The highest BCUT2D eigenvalue weighted by Crippen LogP contribution is 2.26. The van der Waals surface area contributed by atoms with Gasteiger partial charge >= 0.3 is 0 Å². The van der Waals surface area contributed by atoms with Gasteiger partial charge in [0.1, 0.15) is 5.84 Å². The fourth-order valence-corrected chi connectivity index (χ4v) is 3.37. The van der Waals surface area contributed by atoms with Crippen molar-refractivity contribution in [3.63, 3.8) is 0 Å². The van der Waals surface area contributed by atoms with Crippen molar-refractivity contribution in [1.29, 1.82) is 5.41 Å². The number of aryl methyl sites for hydroxylation is 1. The van der Waals surface area contributed by atoms with Crippen LogP contribution in [0, 0.1) is 12.3 Å². The van der Waals surface area contributed by atoms with Crippen LogP contribution in [-0.4, -0.2) is 51.0 Å². The predicted molar refractivity (Wildman–Crippen MR) is 80.8 cm³/mol. The van der Waals surface area contributed by atoms with Gasteiger partial charge in [0.25, 0.3) is 0 Å². The van der Waals surface area contributed by atoms with Gasteiger partial charge in [-0.25, -0.2) is 8.42 Å². The molecule has 0 amide bonds. The van der Waals surface area contributed by atoms with Crippen molar-refractivity contribution in [2.24, 2.45) is 5.73 Å². The van der Waals surface area contributed by atoms with Crippen LogP contribution in [0.25, 0.3) is 0 Å². The van der Waals surface area contributed by atoms with E-state index in [9.17, 15) is 8.42 Å². The first-order valence-electron chi connectivity index (χ1n) is 6.45. The molecular formula is C13H20N4O2S. The number of sulfonamides is 1. The van der Waals surface area contributed by atoms with Crippen LogP contribution in [0.3, 0.4) is 0 Å². The first-order valence-corrected chi connectivity index (χ1v) is 8.29. The zero-order valence-corrected chi connectivity index (χ0v) is 12.6. The molecule has 6 nitrogen and oxygen atoms in total. The second-order valence-electron chi connectivity index (χ2n) is 5.03. The number of para-hydroxylation sites is 1. The van der Waals surface area contributed by atoms with Crippen LogP contribution >= 0.6 is 0 Å². The van der Waals surface area contributed by atoms with E-state index in [1.807, 2.05) is 25.1 Å². The first kappa shape index (κ1) is 14.8. The third-order valence-corrected chi connectivity index (χ3v) is 4.85. The Morgan fingerprint density at radius 1 is 1.25 bits per heavy atom. The molecule has 1 saturated heterocycles. The van der Waals surface area contributed by atoms with E-state index in [0.717, 1.165) is 11.3 Å². The molecule has 0 bridgehead atoms. The lowest BCUT2D eigenvalue weighted by molar-refractivity contribution is 0.388. The number of hydrogen-bond acceptors (Lipinski definition) is 4. The van der Waals surface area contributed by atoms with Crippen molar-refractivity contribution in [3.8, 4) is 0 Å². The molecule has 0 aromatic heterocycles. The topological polar surface area (TPSA) is 90.5 Å². The van der Waals surface area contributed by atoms with Crippen LogP contribution in [-0.2, 0) is 10.0 Å². The number of nitrogens with one attached hydrogen (secondary N) is 1. The average molecular weight is 296 g/mol. The Labute approximate surface area is 119 Å². The van der Waals surface area contributed by atoms with Crippen LogP contribution in [0.5, 0.6) is 0 Å². The second kappa shape index (κ2) is 5.41. The summed E-state index contributed by atoms with van der Waals surface area (Å²) in [6, 6.07) is 5.68. The van der Waals surface area contributed by atoms with Gasteiger partial charge in [0.05, 0.1) is 11.9 Å². The van der Waals surface area contributed by atoms with Gasteiger partial charge in [-0.05, 0) is 18.6 Å². The number of anilines is 1. The average Bonchev–Trinajstić information content (AvgIpc) is 2.37. The molecule has 0 aliphatic carbocycles. The summed E-state index contributed by atoms with van der Waals surface area (Å²) >= 11 is 0. The third kappa shape index (κ3) is 2.94. The predicted octanol–water partition coefficient (Wildman–Crippen LogP) is 0.361. The molecule has 0 unspecified atom stereocenters. The second-order valence-corrected chi connectivity index (χ2v) is 7.02. The molecule has 20 heavy (non-hydrogen) atoms. The molecule has 0 radical (unpaired) electrons. The Morgan fingerprint density at radius 2 is 1.85 bits per heavy atom. The minimum atomic E-state index is -3.13. The van der Waals surface area contributed by atoms with Crippen molar-refractivity contribution < 1.29 is 8.42 Å². The number of nitrogens with two attached hydrogens (primary N) is 1. The first-order chi connectivity index (χ1) is 9.30. The highest BCUT2D eigenvalue weighted by atomic mass is 32.2. The minimum Gasteiger partial charge on any atom is -0.384 e. The molecule has 3 N–H and O–H groups in total. The Bertz CT molecular complexity index is 619. The Morgan fingerprint density at radius 3 is 2.35 bits per heavy atom. The van der Waals surface area contributed by atoms with Gasteiger partial charge in [-0.3, -0.25) is 5.41 Å². The van der Waals surface area contributed by atoms with E-state index < -0.39 is 10.0 Å². The van der Waals surface area contributed by atoms with Crippen LogP contribution in [0.4, 0.5) is 5.69 Å². The number of nitrogen functional groups attached to an aromatic ring is 1. The monoisotopic (exact) mass is 296 g/mol. The maximum atomic E-state index is 11.5. The molecule has 0 atom stereocenters. The Hall–Kier alpha value is -1.60. The fraction of sp³-hybridized carbons (Fsp3) is 0.462. The summed E-state index contributed by atoms with van der Waals surface area (Å²) in [6.07, 6.45) is 1.23. The lowest BCUT2D eigenvalue weighted by atomic mass is 10.1. The van der Waals surface area contributed by atoms with Crippen LogP contribution in [0.1, 0.15) is 11.1 Å². The van der Waals surface area contributed by atoms with Crippen molar-refractivity contribution >= 4 is 21.5 Å². The van der Waals surface area contributed by atoms with Gasteiger partial charge < -0.3 is 10.6 Å². The molecule has 110 valence electrons. The Kier molecular flexibility index (Phi) is 4.01. The minimum absolute atomic E-state index is 0.0363. The van der Waals surface area contributed by atoms with Crippen LogP contribution < -0.4 is 10.6 Å². The fourth-order valence-electron chi connectivity index (χ4n) is 2.54. The number of rotatable bonds is 3. The van der Waals surface area contributed by atoms with E-state index in [4.69, 9.17) is 11.1 Å². The number of nitrogens with zero attached hydrogens (tertiary/aromatic N) is 2. The van der Waals surface area contributed by atoms with Crippen molar-refractivity contribution in [2.45, 2.75) is 6.92 Å². The molecule has 7 heteroatoms. The van der Waals surface area contributed by atoms with Gasteiger partial charge in [0.15, 0.2) is 0 Å². The van der Waals surface area contributed by atoms with Gasteiger partial charge in [-0.2, -0.15) is 4.31 Å². The summed E-state index contributed by atoms with van der Waals surface area (Å²) in [5, 5.41) is 7.68. The smallest absolute Gasteiger partial charge is 0.211 e. The molecule has 2 rings (SSSR count). The molecule has 0 saturated carbocycles. The zero-order chi connectivity index (χ0) is 14.9. The van der Waals surface area contributed by atoms with Crippen molar-refractivity contribution in [1.82, 2.24) is 4.31 Å². The van der Waals surface area contributed by atoms with Crippen molar-refractivity contribution in [3.05, 3.63) is 29.3 Å². The molecule has 1 aliphatic rings. The van der Waals surface area contributed by atoms with E-state index in [1.165, 1.54) is 10.6 Å². The SMILES string of the molecule is Cc1cccc(C(=N)N)c1N1CCN(S(C)(=O)=O)CC1. The van der Waals surface area contributed by atoms with E-state index in [-0.39, 0.29) is 5.84 Å². The van der Waals surface area contributed by atoms with Gasteiger partial charge in [0, 0.05) is 31.7 Å². The highest BCUT2D eigenvalue weighted by Gasteiger charge is 2.25. The maximum Gasteiger partial charge on any atom is 0.211 e. The largest absolute Gasteiger partial charge is 0.384 e. The molecule has 1 aromatic rings. The number of piperazine rings is 1. The standard InChI is InChI=1S/C13H20N4O2S/c1-10-4-3-5-11(13(14)15)12(10)16-6-8-17(9-7-16)20(2,18)19/h3-5H,6-9H2,1-2H3,(H3,14,15). The summed E-state index contributed by atoms with van der Waals surface area (Å²) in [5.41, 5.74) is 8.33. The van der Waals surface area contributed by atoms with E-state index in [2.05, 4.69) is 4.90 Å². The summed E-state index contributed by atoms with van der Waals surface area (Å²) < 4.78 is 24.5. The van der Waals surface area contributed by atoms with Gasteiger partial charge in [0.2, 0.25) is 10.0 Å². The molecule has 0 spiro atoms. The van der Waals surface area contributed by atoms with E-state index in [1.54, 1.807) is 0 Å². The highest BCUT2D eigenvalue weighted by molar-refractivity contribution is 7.88. The Balaban J connectivity index is 2.25.